The molecule has 0 amide bonds. The third kappa shape index (κ3) is 2.71. The maximum Gasteiger partial charge on any atom is 0.123 e. The number of nitrogens with zero attached hydrogens (tertiary/aromatic N) is 1. The summed E-state index contributed by atoms with van der Waals surface area (Å²) in [4.78, 5) is 2.08. The lowest BCUT2D eigenvalue weighted by atomic mass is 10.2. The van der Waals surface area contributed by atoms with E-state index < -0.39 is 0 Å². The van der Waals surface area contributed by atoms with E-state index in [0.717, 1.165) is 6.42 Å². The first-order valence-electron chi connectivity index (χ1n) is 5.42. The van der Waals surface area contributed by atoms with E-state index in [1.807, 2.05) is 7.05 Å². The van der Waals surface area contributed by atoms with Gasteiger partial charge in [-0.2, -0.15) is 0 Å². The number of likely N-dealkylation sites (tertiary alicyclic amines) is 1. The molecule has 1 N–H and O–H groups in total. The van der Waals surface area contributed by atoms with Gasteiger partial charge in [0.25, 0.3) is 0 Å². The molecular weight excluding hydrogens is 209 g/mol. The van der Waals surface area contributed by atoms with Crippen molar-refractivity contribution in [2.45, 2.75) is 18.6 Å². The second-order valence-electron chi connectivity index (χ2n) is 4.25. The van der Waals surface area contributed by atoms with E-state index in [1.165, 1.54) is 12.1 Å². The Morgan fingerprint density at radius 2 is 2.12 bits per heavy atom. The van der Waals surface area contributed by atoms with E-state index in [0.29, 0.717) is 18.9 Å². The van der Waals surface area contributed by atoms with Crippen molar-refractivity contribution in [2.24, 2.45) is 0 Å². The van der Waals surface area contributed by atoms with Gasteiger partial charge in [-0.05, 0) is 37.7 Å². The number of hydrogen-bond acceptors (Lipinski definition) is 3. The van der Waals surface area contributed by atoms with Crippen molar-refractivity contribution >= 4 is 0 Å². The maximum absolute atomic E-state index is 12.6. The van der Waals surface area contributed by atoms with Crippen LogP contribution in [0.3, 0.4) is 0 Å². The monoisotopic (exact) mass is 225 g/mol. The molecule has 2 atom stereocenters. The van der Waals surface area contributed by atoms with E-state index in [4.69, 9.17) is 4.74 Å². The maximum atomic E-state index is 12.6. The highest BCUT2D eigenvalue weighted by molar-refractivity contribution is 5.22. The molecule has 1 fully saturated rings. The predicted molar refractivity (Wildman–Crippen MR) is 58.9 cm³/mol. The summed E-state index contributed by atoms with van der Waals surface area (Å²) >= 11 is 0. The Hall–Kier alpha value is -1.13. The van der Waals surface area contributed by atoms with E-state index in [-0.39, 0.29) is 18.0 Å². The van der Waals surface area contributed by atoms with Crippen LogP contribution in [0, 0.1) is 5.82 Å². The summed E-state index contributed by atoms with van der Waals surface area (Å²) in [5, 5.41) is 9.46. The molecule has 0 radical (unpaired) electrons. The van der Waals surface area contributed by atoms with Crippen LogP contribution < -0.4 is 4.74 Å². The molecule has 0 bridgehead atoms. The predicted octanol–water partition coefficient (Wildman–Crippen LogP) is 1.27. The van der Waals surface area contributed by atoms with Crippen LogP contribution in [-0.2, 0) is 0 Å². The van der Waals surface area contributed by atoms with Crippen LogP contribution in [0.15, 0.2) is 24.3 Å². The van der Waals surface area contributed by atoms with Gasteiger partial charge in [-0.15, -0.1) is 0 Å². The molecule has 1 heterocycles. The first-order chi connectivity index (χ1) is 7.65. The van der Waals surface area contributed by atoms with E-state index in [2.05, 4.69) is 4.90 Å². The van der Waals surface area contributed by atoms with Gasteiger partial charge in [0.15, 0.2) is 0 Å². The van der Waals surface area contributed by atoms with Gasteiger partial charge < -0.3 is 9.84 Å². The second-order valence-corrected chi connectivity index (χ2v) is 4.25. The number of benzene rings is 1. The molecule has 0 saturated carbocycles. The summed E-state index contributed by atoms with van der Waals surface area (Å²) in [6.45, 7) is 1.22. The number of rotatable bonds is 3. The molecule has 1 aliphatic rings. The molecule has 1 aromatic carbocycles. The average Bonchev–Trinajstić information content (AvgIpc) is 2.57. The molecule has 2 rings (SSSR count). The highest BCUT2D eigenvalue weighted by Crippen LogP contribution is 2.18. The highest BCUT2D eigenvalue weighted by atomic mass is 19.1. The van der Waals surface area contributed by atoms with Crippen molar-refractivity contribution in [2.75, 3.05) is 20.2 Å². The zero-order valence-corrected chi connectivity index (χ0v) is 9.27. The van der Waals surface area contributed by atoms with Gasteiger partial charge in [0.2, 0.25) is 0 Å². The lowest BCUT2D eigenvalue weighted by Crippen LogP contribution is -2.30. The molecule has 88 valence electrons. The van der Waals surface area contributed by atoms with Gasteiger partial charge in [-0.1, -0.05) is 0 Å². The minimum atomic E-state index is -0.263. The average molecular weight is 225 g/mol. The van der Waals surface area contributed by atoms with Crippen molar-refractivity contribution in [1.82, 2.24) is 4.90 Å². The Kier molecular flexibility index (Phi) is 3.41. The zero-order chi connectivity index (χ0) is 11.5. The molecule has 16 heavy (non-hydrogen) atoms. The van der Waals surface area contributed by atoms with Crippen molar-refractivity contribution in [1.29, 1.82) is 0 Å². The Morgan fingerprint density at radius 3 is 2.69 bits per heavy atom. The fraction of sp³-hybridized carbons (Fsp3) is 0.500. The molecule has 1 aromatic rings. The number of β-amino-alcohol motifs (C(OH)–C–C–N with tert-alkyl or cyclic N) is 1. The van der Waals surface area contributed by atoms with Crippen molar-refractivity contribution in [3.05, 3.63) is 30.1 Å². The largest absolute Gasteiger partial charge is 0.492 e. The normalized spacial score (nSPS) is 25.9. The summed E-state index contributed by atoms with van der Waals surface area (Å²) < 4.78 is 18.2. The van der Waals surface area contributed by atoms with Crippen LogP contribution in [0.4, 0.5) is 4.39 Å². The third-order valence-corrected chi connectivity index (χ3v) is 2.92. The van der Waals surface area contributed by atoms with Crippen molar-refractivity contribution < 1.29 is 14.2 Å². The Bertz CT molecular complexity index is 341. The van der Waals surface area contributed by atoms with Gasteiger partial charge in [0.05, 0.1) is 6.10 Å². The lowest BCUT2D eigenvalue weighted by molar-refractivity contribution is 0.182. The van der Waals surface area contributed by atoms with E-state index in [9.17, 15) is 9.50 Å². The second kappa shape index (κ2) is 4.80. The molecular formula is C12H16FNO2. The minimum Gasteiger partial charge on any atom is -0.492 e. The Morgan fingerprint density at radius 1 is 1.44 bits per heavy atom. The van der Waals surface area contributed by atoms with Crippen LogP contribution in [0.5, 0.6) is 5.75 Å². The van der Waals surface area contributed by atoms with Crippen LogP contribution in [-0.4, -0.2) is 42.4 Å². The van der Waals surface area contributed by atoms with E-state index >= 15 is 0 Å². The summed E-state index contributed by atoms with van der Waals surface area (Å²) in [6.07, 6.45) is 0.476. The molecule has 0 aromatic heterocycles. The Labute approximate surface area is 94.4 Å². The van der Waals surface area contributed by atoms with E-state index in [1.54, 1.807) is 12.1 Å². The molecule has 1 aliphatic heterocycles. The molecule has 0 unspecified atom stereocenters. The number of hydrogen-bond donors (Lipinski definition) is 1. The SMILES string of the molecule is CN1C[C@@H](O)C[C@@H]1COc1ccc(F)cc1. The topological polar surface area (TPSA) is 32.7 Å². The number of aliphatic hydroxyl groups excluding tert-OH is 1. The fourth-order valence-electron chi connectivity index (χ4n) is 1.97. The molecule has 0 spiro atoms. The summed E-state index contributed by atoms with van der Waals surface area (Å²) in [5.74, 6) is 0.400. The fourth-order valence-corrected chi connectivity index (χ4v) is 1.97. The standard InChI is InChI=1S/C12H16FNO2/c1-14-7-11(15)6-10(14)8-16-12-4-2-9(13)3-5-12/h2-5,10-11,15H,6-8H2,1H3/t10-,11+/m1/s1. The van der Waals surface area contributed by atoms with Crippen molar-refractivity contribution in [3.8, 4) is 5.75 Å². The zero-order valence-electron chi connectivity index (χ0n) is 9.27. The first kappa shape index (κ1) is 11.4. The van der Waals surface area contributed by atoms with Gasteiger partial charge in [-0.25, -0.2) is 4.39 Å². The first-order valence-corrected chi connectivity index (χ1v) is 5.42. The molecule has 3 nitrogen and oxygen atoms in total. The number of ether oxygens (including phenoxy) is 1. The van der Waals surface area contributed by atoms with Gasteiger partial charge in [0.1, 0.15) is 18.2 Å². The number of halogens is 1. The quantitative estimate of drug-likeness (QED) is 0.841. The smallest absolute Gasteiger partial charge is 0.123 e. The van der Waals surface area contributed by atoms with Gasteiger partial charge in [-0.3, -0.25) is 4.90 Å². The summed E-state index contributed by atoms with van der Waals surface area (Å²) in [6, 6.07) is 6.21. The van der Waals surface area contributed by atoms with Crippen LogP contribution in [0.2, 0.25) is 0 Å². The third-order valence-electron chi connectivity index (χ3n) is 2.92. The minimum absolute atomic E-state index is 0.236. The molecule has 1 saturated heterocycles. The van der Waals surface area contributed by atoms with Gasteiger partial charge in [0, 0.05) is 12.6 Å². The summed E-state index contributed by atoms with van der Waals surface area (Å²) in [5.41, 5.74) is 0. The molecule has 4 heteroatoms. The van der Waals surface area contributed by atoms with Crippen LogP contribution >= 0.6 is 0 Å². The lowest BCUT2D eigenvalue weighted by Gasteiger charge is -2.19. The summed E-state index contributed by atoms with van der Waals surface area (Å²) in [7, 11) is 1.97. The Balaban J connectivity index is 1.85. The van der Waals surface area contributed by atoms with Crippen LogP contribution in [0.1, 0.15) is 6.42 Å². The highest BCUT2D eigenvalue weighted by Gasteiger charge is 2.28. The number of aliphatic hydroxyl groups is 1. The number of likely N-dealkylation sites (N-methyl/N-ethyl adjacent to an activating group) is 1. The van der Waals surface area contributed by atoms with Crippen molar-refractivity contribution in [3.63, 3.8) is 0 Å². The van der Waals surface area contributed by atoms with Gasteiger partial charge >= 0.3 is 0 Å². The molecule has 0 aliphatic carbocycles. The van der Waals surface area contributed by atoms with Crippen LogP contribution in [0.25, 0.3) is 0 Å².